The number of pyridine rings is 1. The van der Waals surface area contributed by atoms with Crippen LogP contribution in [0.3, 0.4) is 0 Å². The number of anilines is 2. The molecule has 0 aromatic carbocycles. The summed E-state index contributed by atoms with van der Waals surface area (Å²) in [5, 5.41) is 7.88. The zero-order valence-corrected chi connectivity index (χ0v) is 18.5. The molecule has 0 unspecified atom stereocenters. The van der Waals surface area contributed by atoms with Crippen molar-refractivity contribution in [3.05, 3.63) is 53.7 Å². The molecular weight excluding hydrogens is 427 g/mol. The zero-order valence-electron chi connectivity index (χ0n) is 18.5. The molecule has 1 N–H and O–H groups in total. The first kappa shape index (κ1) is 22.6. The molecule has 1 amide bonds. The van der Waals surface area contributed by atoms with Gasteiger partial charge in [0.25, 0.3) is 5.56 Å². The predicted octanol–water partition coefficient (Wildman–Crippen LogP) is 1.42. The van der Waals surface area contributed by atoms with Crippen molar-refractivity contribution in [3.8, 4) is 0 Å². The average molecular weight is 455 g/mol. The van der Waals surface area contributed by atoms with Crippen LogP contribution in [0.15, 0.2) is 48.2 Å². The Kier molecular flexibility index (Phi) is 6.78. The van der Waals surface area contributed by atoms with Gasteiger partial charge in [-0.1, -0.05) is 6.58 Å². The van der Waals surface area contributed by atoms with E-state index >= 15 is 0 Å². The minimum absolute atomic E-state index is 0.0567. The number of aryl methyl sites for hydroxylation is 1. The number of hydrogen-bond donors (Lipinski definition) is 1. The third kappa shape index (κ3) is 5.08. The molecule has 1 fully saturated rings. The van der Waals surface area contributed by atoms with Gasteiger partial charge in [-0.25, -0.2) is 9.37 Å². The largest absolute Gasteiger partial charge is 0.336 e. The second-order valence-corrected chi connectivity index (χ2v) is 7.98. The summed E-state index contributed by atoms with van der Waals surface area (Å²) >= 11 is 0. The molecule has 1 aliphatic heterocycles. The number of nitrogens with zero attached hydrogens (tertiary/aromatic N) is 7. The van der Waals surface area contributed by atoms with Crippen LogP contribution < -0.4 is 10.9 Å². The number of aromatic nitrogens is 5. The monoisotopic (exact) mass is 454 g/mol. The van der Waals surface area contributed by atoms with Gasteiger partial charge in [0.15, 0.2) is 0 Å². The summed E-state index contributed by atoms with van der Waals surface area (Å²) in [6.07, 6.45) is 6.24. The molecule has 1 saturated heterocycles. The minimum atomic E-state index is -0.502. The summed E-state index contributed by atoms with van der Waals surface area (Å²) in [6.45, 7) is 8.40. The van der Waals surface area contributed by atoms with Gasteiger partial charge in [-0.05, 0) is 19.1 Å². The molecule has 174 valence electrons. The van der Waals surface area contributed by atoms with Crippen molar-refractivity contribution in [2.24, 2.45) is 0 Å². The fourth-order valence-electron chi connectivity index (χ4n) is 4.00. The first-order valence-electron chi connectivity index (χ1n) is 10.9. The van der Waals surface area contributed by atoms with Gasteiger partial charge in [-0.15, -0.1) is 0 Å². The molecule has 0 spiro atoms. The maximum Gasteiger partial charge on any atom is 0.252 e. The van der Waals surface area contributed by atoms with Gasteiger partial charge >= 0.3 is 0 Å². The quantitative estimate of drug-likeness (QED) is 0.514. The average Bonchev–Trinajstić information content (AvgIpc) is 3.25. The van der Waals surface area contributed by atoms with Gasteiger partial charge in [0.05, 0.1) is 18.4 Å². The zero-order chi connectivity index (χ0) is 23.4. The Morgan fingerprint density at radius 3 is 2.88 bits per heavy atom. The van der Waals surface area contributed by atoms with Crippen LogP contribution in [0.2, 0.25) is 0 Å². The standard InChI is InChI=1S/C22H27FN8O2/c1-3-19(32)29-9-8-28(16(2)14-29)10-11-31-20(33)5-4-17-12-24-22(27-21(17)31)26-18-13-25-30(15-18)7-6-23/h3-5,12-13,15-16H,1,6-11,14H2,2H3,(H,24,26,27)/t16-/m0/s1. The normalized spacial score (nSPS) is 16.8. The molecule has 33 heavy (non-hydrogen) atoms. The van der Waals surface area contributed by atoms with E-state index in [9.17, 15) is 14.0 Å². The van der Waals surface area contributed by atoms with Crippen molar-refractivity contribution < 1.29 is 9.18 Å². The Morgan fingerprint density at radius 2 is 2.12 bits per heavy atom. The van der Waals surface area contributed by atoms with E-state index in [1.807, 2.05) is 0 Å². The SMILES string of the molecule is C=CC(=O)N1CCN(CCn2c(=O)ccc3cnc(Nc4cnn(CCF)c4)nc32)[C@@H](C)C1. The molecule has 0 radical (unpaired) electrons. The smallest absolute Gasteiger partial charge is 0.252 e. The molecule has 3 aromatic heterocycles. The van der Waals surface area contributed by atoms with E-state index in [0.717, 1.165) is 11.9 Å². The highest BCUT2D eigenvalue weighted by Crippen LogP contribution is 2.16. The van der Waals surface area contributed by atoms with Crippen molar-refractivity contribution in [1.29, 1.82) is 0 Å². The van der Waals surface area contributed by atoms with Crippen molar-refractivity contribution in [2.75, 3.05) is 38.2 Å². The summed E-state index contributed by atoms with van der Waals surface area (Å²) in [6, 6.07) is 3.39. The molecule has 11 heteroatoms. The van der Waals surface area contributed by atoms with Gasteiger partial charge in [-0.2, -0.15) is 10.1 Å². The van der Waals surface area contributed by atoms with Gasteiger partial charge in [0, 0.05) is 62.6 Å². The number of carbonyl (C=O) groups excluding carboxylic acids is 1. The summed E-state index contributed by atoms with van der Waals surface area (Å²) in [5.74, 6) is 0.269. The second kappa shape index (κ2) is 9.90. The lowest BCUT2D eigenvalue weighted by Crippen LogP contribution is -2.54. The number of amides is 1. The molecule has 0 saturated carbocycles. The first-order valence-corrected chi connectivity index (χ1v) is 10.9. The van der Waals surface area contributed by atoms with E-state index in [4.69, 9.17) is 0 Å². The summed E-state index contributed by atoms with van der Waals surface area (Å²) in [4.78, 5) is 37.5. The highest BCUT2D eigenvalue weighted by atomic mass is 19.1. The lowest BCUT2D eigenvalue weighted by atomic mass is 10.2. The third-order valence-corrected chi connectivity index (χ3v) is 5.79. The van der Waals surface area contributed by atoms with Crippen molar-refractivity contribution in [3.63, 3.8) is 0 Å². The third-order valence-electron chi connectivity index (χ3n) is 5.79. The van der Waals surface area contributed by atoms with Crippen LogP contribution in [0.4, 0.5) is 16.0 Å². The maximum atomic E-state index is 12.7. The van der Waals surface area contributed by atoms with E-state index < -0.39 is 6.67 Å². The van der Waals surface area contributed by atoms with Gasteiger partial charge in [0.2, 0.25) is 11.9 Å². The number of halogens is 1. The Balaban J connectivity index is 1.50. The van der Waals surface area contributed by atoms with Crippen LogP contribution >= 0.6 is 0 Å². The maximum absolute atomic E-state index is 12.7. The van der Waals surface area contributed by atoms with Crippen LogP contribution in [-0.4, -0.2) is 78.9 Å². The topological polar surface area (TPSA) is 101 Å². The second-order valence-electron chi connectivity index (χ2n) is 7.98. The number of fused-ring (bicyclic) bond motifs is 1. The van der Waals surface area contributed by atoms with E-state index in [1.165, 1.54) is 16.8 Å². The molecule has 1 aliphatic rings. The van der Waals surface area contributed by atoms with E-state index in [1.54, 1.807) is 34.1 Å². The van der Waals surface area contributed by atoms with E-state index in [-0.39, 0.29) is 24.1 Å². The fraction of sp³-hybridized carbons (Fsp3) is 0.409. The van der Waals surface area contributed by atoms with E-state index in [0.29, 0.717) is 43.5 Å². The van der Waals surface area contributed by atoms with Gasteiger partial charge < -0.3 is 10.2 Å². The molecule has 0 bridgehead atoms. The van der Waals surface area contributed by atoms with Gasteiger partial charge in [-0.3, -0.25) is 23.7 Å². The lowest BCUT2D eigenvalue weighted by molar-refractivity contribution is -0.128. The highest BCUT2D eigenvalue weighted by Gasteiger charge is 2.25. The number of hydrogen-bond acceptors (Lipinski definition) is 7. The Hall–Kier alpha value is -3.60. The Labute approximate surface area is 190 Å². The number of alkyl halides is 1. The summed E-state index contributed by atoms with van der Waals surface area (Å²) in [5.41, 5.74) is 1.02. The fourth-order valence-corrected chi connectivity index (χ4v) is 4.00. The molecule has 0 aliphatic carbocycles. The lowest BCUT2D eigenvalue weighted by Gasteiger charge is -2.39. The van der Waals surface area contributed by atoms with Crippen LogP contribution in [0.25, 0.3) is 11.0 Å². The predicted molar refractivity (Wildman–Crippen MR) is 123 cm³/mol. The van der Waals surface area contributed by atoms with Crippen LogP contribution in [-0.2, 0) is 17.9 Å². The number of rotatable bonds is 8. The number of piperazine rings is 1. The van der Waals surface area contributed by atoms with Crippen LogP contribution in [0, 0.1) is 0 Å². The number of carbonyl (C=O) groups is 1. The molecule has 1 atom stereocenters. The number of nitrogens with one attached hydrogen (secondary N) is 1. The van der Waals surface area contributed by atoms with E-state index in [2.05, 4.69) is 38.8 Å². The van der Waals surface area contributed by atoms with Gasteiger partial charge in [0.1, 0.15) is 12.3 Å². The summed E-state index contributed by atoms with van der Waals surface area (Å²) < 4.78 is 15.6. The first-order chi connectivity index (χ1) is 16.0. The highest BCUT2D eigenvalue weighted by molar-refractivity contribution is 5.87. The molecule has 3 aromatic rings. The van der Waals surface area contributed by atoms with Crippen molar-refractivity contribution in [1.82, 2.24) is 34.1 Å². The minimum Gasteiger partial charge on any atom is -0.336 e. The molecule has 4 rings (SSSR count). The Bertz CT molecular complexity index is 1210. The molecule has 4 heterocycles. The molecule has 10 nitrogen and oxygen atoms in total. The van der Waals surface area contributed by atoms with Crippen LogP contribution in [0.1, 0.15) is 6.92 Å². The van der Waals surface area contributed by atoms with Crippen LogP contribution in [0.5, 0.6) is 0 Å². The van der Waals surface area contributed by atoms with Crippen molar-refractivity contribution in [2.45, 2.75) is 26.1 Å². The van der Waals surface area contributed by atoms with Crippen molar-refractivity contribution >= 4 is 28.6 Å². The Morgan fingerprint density at radius 1 is 1.27 bits per heavy atom. The summed E-state index contributed by atoms with van der Waals surface area (Å²) in [7, 11) is 0. The molecular formula is C22H27FN8O2.